The molecular formula is C17H14BrN5O. The van der Waals surface area contributed by atoms with Gasteiger partial charge >= 0.3 is 0 Å². The first-order valence-electron chi connectivity index (χ1n) is 7.47. The summed E-state index contributed by atoms with van der Waals surface area (Å²) < 4.78 is 0.892. The molecule has 24 heavy (non-hydrogen) atoms. The van der Waals surface area contributed by atoms with Gasteiger partial charge in [-0.1, -0.05) is 22.0 Å². The second-order valence-electron chi connectivity index (χ2n) is 5.57. The van der Waals surface area contributed by atoms with Crippen LogP contribution >= 0.6 is 15.9 Å². The SMILES string of the molecule is N#Cc1c(N)[nH]c(=O)c(C#N)c1-c1ccc(Br)cc1N1CCCC1. The van der Waals surface area contributed by atoms with Crippen molar-refractivity contribution in [2.24, 2.45) is 0 Å². The maximum atomic E-state index is 12.1. The van der Waals surface area contributed by atoms with E-state index in [2.05, 4.69) is 25.8 Å². The van der Waals surface area contributed by atoms with E-state index in [0.29, 0.717) is 11.1 Å². The monoisotopic (exact) mass is 383 g/mol. The number of nitrogens with one attached hydrogen (secondary N) is 1. The predicted molar refractivity (Wildman–Crippen MR) is 95.5 cm³/mol. The van der Waals surface area contributed by atoms with Crippen molar-refractivity contribution in [2.75, 3.05) is 23.7 Å². The second-order valence-corrected chi connectivity index (χ2v) is 6.49. The Kier molecular flexibility index (Phi) is 4.28. The Hall–Kier alpha value is -2.77. The summed E-state index contributed by atoms with van der Waals surface area (Å²) in [5, 5.41) is 18.9. The molecule has 0 aliphatic carbocycles. The number of nitrogens with zero attached hydrogens (tertiary/aromatic N) is 3. The number of rotatable bonds is 2. The van der Waals surface area contributed by atoms with Gasteiger partial charge < -0.3 is 15.6 Å². The first-order valence-corrected chi connectivity index (χ1v) is 8.27. The predicted octanol–water partition coefficient (Wildman–Crippen LogP) is 2.73. The molecule has 6 nitrogen and oxygen atoms in total. The first-order chi connectivity index (χ1) is 11.6. The fourth-order valence-electron chi connectivity index (χ4n) is 3.05. The fourth-order valence-corrected chi connectivity index (χ4v) is 3.40. The third kappa shape index (κ3) is 2.64. The van der Waals surface area contributed by atoms with Gasteiger partial charge in [0.1, 0.15) is 29.1 Å². The highest BCUT2D eigenvalue weighted by Crippen LogP contribution is 2.38. The molecule has 1 aromatic carbocycles. The molecular weight excluding hydrogens is 370 g/mol. The van der Waals surface area contributed by atoms with Crippen LogP contribution in [-0.4, -0.2) is 18.1 Å². The molecule has 0 atom stereocenters. The van der Waals surface area contributed by atoms with Gasteiger partial charge in [-0.3, -0.25) is 4.79 Å². The Balaban J connectivity index is 2.37. The van der Waals surface area contributed by atoms with Gasteiger partial charge in [0.15, 0.2) is 0 Å². The number of nitrogens with two attached hydrogens (primary N) is 1. The summed E-state index contributed by atoms with van der Waals surface area (Å²) in [6, 6.07) is 9.52. The highest BCUT2D eigenvalue weighted by molar-refractivity contribution is 9.10. The van der Waals surface area contributed by atoms with Gasteiger partial charge in [-0.05, 0) is 25.0 Å². The number of H-pyrrole nitrogens is 1. The zero-order valence-electron chi connectivity index (χ0n) is 12.8. The number of aromatic amines is 1. The van der Waals surface area contributed by atoms with Crippen molar-refractivity contribution in [3.05, 3.63) is 44.2 Å². The Bertz CT molecular complexity index is 945. The zero-order valence-corrected chi connectivity index (χ0v) is 14.4. The molecule has 1 aliphatic rings. The molecule has 0 bridgehead atoms. The molecule has 1 saturated heterocycles. The van der Waals surface area contributed by atoms with Gasteiger partial charge in [0.2, 0.25) is 0 Å². The van der Waals surface area contributed by atoms with Gasteiger partial charge in [0, 0.05) is 34.4 Å². The molecule has 3 N–H and O–H groups in total. The first kappa shape index (κ1) is 16.1. The van der Waals surface area contributed by atoms with Gasteiger partial charge in [-0.2, -0.15) is 10.5 Å². The normalized spacial score (nSPS) is 13.5. The highest BCUT2D eigenvalue weighted by Gasteiger charge is 2.23. The molecule has 0 saturated carbocycles. The summed E-state index contributed by atoms with van der Waals surface area (Å²) in [4.78, 5) is 16.7. The molecule has 2 aromatic rings. The van der Waals surface area contributed by atoms with Crippen LogP contribution in [0.4, 0.5) is 11.5 Å². The molecule has 7 heteroatoms. The lowest BCUT2D eigenvalue weighted by atomic mass is 9.95. The minimum absolute atomic E-state index is 0.0215. The van der Waals surface area contributed by atoms with Crippen molar-refractivity contribution in [3.8, 4) is 23.3 Å². The average molecular weight is 384 g/mol. The number of pyridine rings is 1. The maximum absolute atomic E-state index is 12.1. The van der Waals surface area contributed by atoms with E-state index >= 15 is 0 Å². The third-order valence-corrected chi connectivity index (χ3v) is 4.64. The van der Waals surface area contributed by atoms with Crippen molar-refractivity contribution in [2.45, 2.75) is 12.8 Å². The van der Waals surface area contributed by atoms with E-state index in [0.717, 1.165) is 36.1 Å². The number of benzene rings is 1. The smallest absolute Gasteiger partial charge is 0.268 e. The van der Waals surface area contributed by atoms with E-state index in [1.807, 2.05) is 30.3 Å². The summed E-state index contributed by atoms with van der Waals surface area (Å²) in [6.45, 7) is 1.79. The van der Waals surface area contributed by atoms with Crippen molar-refractivity contribution >= 4 is 27.4 Å². The lowest BCUT2D eigenvalue weighted by molar-refractivity contribution is 0.949. The number of hydrogen-bond acceptors (Lipinski definition) is 5. The van der Waals surface area contributed by atoms with Crippen molar-refractivity contribution in [3.63, 3.8) is 0 Å². The van der Waals surface area contributed by atoms with Gasteiger partial charge in [-0.15, -0.1) is 0 Å². The minimum Gasteiger partial charge on any atom is -0.384 e. The quantitative estimate of drug-likeness (QED) is 0.827. The molecule has 1 fully saturated rings. The van der Waals surface area contributed by atoms with Gasteiger partial charge in [-0.25, -0.2) is 0 Å². The van der Waals surface area contributed by atoms with Crippen molar-refractivity contribution in [1.82, 2.24) is 4.98 Å². The summed E-state index contributed by atoms with van der Waals surface area (Å²) in [5.74, 6) is -0.0215. The van der Waals surface area contributed by atoms with Crippen LogP contribution in [0.5, 0.6) is 0 Å². The minimum atomic E-state index is -0.584. The summed E-state index contributed by atoms with van der Waals surface area (Å²) in [5.41, 5.74) is 7.12. The Labute approximate surface area is 147 Å². The van der Waals surface area contributed by atoms with E-state index in [4.69, 9.17) is 5.73 Å². The molecule has 1 aliphatic heterocycles. The summed E-state index contributed by atoms with van der Waals surface area (Å²) >= 11 is 3.47. The Morgan fingerprint density at radius 3 is 2.46 bits per heavy atom. The number of aromatic nitrogens is 1. The van der Waals surface area contributed by atoms with Gasteiger partial charge in [0.25, 0.3) is 5.56 Å². The summed E-state index contributed by atoms with van der Waals surface area (Å²) in [7, 11) is 0. The van der Waals surface area contributed by atoms with Crippen LogP contribution in [0.25, 0.3) is 11.1 Å². The number of hydrogen-bond donors (Lipinski definition) is 2. The number of nitriles is 2. The van der Waals surface area contributed by atoms with Crippen LogP contribution < -0.4 is 16.2 Å². The molecule has 0 amide bonds. The third-order valence-electron chi connectivity index (χ3n) is 4.14. The summed E-state index contributed by atoms with van der Waals surface area (Å²) in [6.07, 6.45) is 2.17. The average Bonchev–Trinajstić information content (AvgIpc) is 3.08. The number of halogens is 1. The topological polar surface area (TPSA) is 110 Å². The van der Waals surface area contributed by atoms with E-state index in [-0.39, 0.29) is 16.9 Å². The van der Waals surface area contributed by atoms with E-state index in [9.17, 15) is 15.3 Å². The lowest BCUT2D eigenvalue weighted by Gasteiger charge is -2.23. The largest absolute Gasteiger partial charge is 0.384 e. The van der Waals surface area contributed by atoms with Crippen LogP contribution in [0.2, 0.25) is 0 Å². The molecule has 0 spiro atoms. The standard InChI is InChI=1S/C17H14BrN5O/c18-10-3-4-11(14(7-10)23-5-1-2-6-23)15-12(8-19)16(21)22-17(24)13(15)9-20/h3-4,7H,1-2,5-6H2,(H3,21,22,24). The zero-order chi connectivity index (χ0) is 17.3. The van der Waals surface area contributed by atoms with Crippen LogP contribution in [0.1, 0.15) is 24.0 Å². The Morgan fingerprint density at radius 1 is 1.17 bits per heavy atom. The fraction of sp³-hybridized carbons (Fsp3) is 0.235. The van der Waals surface area contributed by atoms with Crippen LogP contribution in [0.3, 0.4) is 0 Å². The van der Waals surface area contributed by atoms with Crippen LogP contribution in [0.15, 0.2) is 27.5 Å². The van der Waals surface area contributed by atoms with Crippen molar-refractivity contribution < 1.29 is 0 Å². The Morgan fingerprint density at radius 2 is 1.83 bits per heavy atom. The second kappa shape index (κ2) is 6.38. The van der Waals surface area contributed by atoms with Gasteiger partial charge in [0.05, 0.1) is 0 Å². The molecule has 3 rings (SSSR count). The lowest BCUT2D eigenvalue weighted by Crippen LogP contribution is -2.20. The molecule has 1 aromatic heterocycles. The highest BCUT2D eigenvalue weighted by atomic mass is 79.9. The van der Waals surface area contributed by atoms with E-state index in [1.54, 1.807) is 0 Å². The molecule has 120 valence electrons. The number of nitrogen functional groups attached to an aromatic ring is 1. The number of anilines is 2. The van der Waals surface area contributed by atoms with E-state index in [1.165, 1.54) is 0 Å². The van der Waals surface area contributed by atoms with E-state index < -0.39 is 5.56 Å². The molecule has 2 heterocycles. The molecule has 0 unspecified atom stereocenters. The maximum Gasteiger partial charge on any atom is 0.268 e. The van der Waals surface area contributed by atoms with Crippen LogP contribution in [-0.2, 0) is 0 Å². The van der Waals surface area contributed by atoms with Crippen LogP contribution in [0, 0.1) is 22.7 Å². The molecule has 0 radical (unpaired) electrons. The van der Waals surface area contributed by atoms with Crippen molar-refractivity contribution in [1.29, 1.82) is 10.5 Å².